The summed E-state index contributed by atoms with van der Waals surface area (Å²) in [6.45, 7) is 7.22. The second-order valence-corrected chi connectivity index (χ2v) is 15.0. The Kier molecular flexibility index (Phi) is 10.4. The normalized spacial score (nSPS) is 25.8. The number of rotatable bonds is 6. The van der Waals surface area contributed by atoms with Crippen molar-refractivity contribution in [3.8, 4) is 16.5 Å². The molecule has 2 aliphatic heterocycles. The van der Waals surface area contributed by atoms with Gasteiger partial charge in [-0.1, -0.05) is 43.2 Å². The molecule has 2 fully saturated rings. The van der Waals surface area contributed by atoms with Crippen molar-refractivity contribution in [2.45, 2.75) is 102 Å². The van der Waals surface area contributed by atoms with Crippen LogP contribution >= 0.6 is 11.3 Å². The number of alkyl carbamates (subject to hydrolysis) is 1. The Labute approximate surface area is 296 Å². The van der Waals surface area contributed by atoms with Crippen molar-refractivity contribution in [2.75, 3.05) is 13.2 Å². The predicted molar refractivity (Wildman–Crippen MR) is 188 cm³/mol. The molecule has 13 heteroatoms. The van der Waals surface area contributed by atoms with E-state index in [4.69, 9.17) is 24.2 Å². The predicted octanol–water partition coefficient (Wildman–Crippen LogP) is 5.56. The van der Waals surface area contributed by atoms with Crippen LogP contribution in [0.1, 0.15) is 72.6 Å². The third kappa shape index (κ3) is 7.93. The van der Waals surface area contributed by atoms with E-state index in [1.54, 1.807) is 27.7 Å². The Morgan fingerprint density at radius 3 is 2.58 bits per heavy atom. The van der Waals surface area contributed by atoms with E-state index in [9.17, 15) is 19.2 Å². The smallest absolute Gasteiger partial charge is 0.408 e. The highest BCUT2D eigenvalue weighted by molar-refractivity contribution is 7.13. The van der Waals surface area contributed by atoms with Gasteiger partial charge in [0, 0.05) is 12.3 Å². The first kappa shape index (κ1) is 35.3. The van der Waals surface area contributed by atoms with Crippen molar-refractivity contribution in [2.24, 2.45) is 5.92 Å². The highest BCUT2D eigenvalue weighted by Crippen LogP contribution is 2.46. The van der Waals surface area contributed by atoms with Gasteiger partial charge in [0.1, 0.15) is 35.0 Å². The van der Waals surface area contributed by atoms with Crippen molar-refractivity contribution in [3.63, 3.8) is 0 Å². The van der Waals surface area contributed by atoms with Crippen LogP contribution in [0.4, 0.5) is 4.79 Å². The lowest BCUT2D eigenvalue weighted by atomic mass is 10.0. The standard InChI is InChI=1S/C37H45N5O7S/c1-5-47-34(45)37-21-23(37)14-9-7-6-8-10-17-27(40-35(46)49-36(2,3)4)33(44)42-22-24(20-28(42)31(43)41-37)48-32-30(29-18-13-19-50-29)38-25-15-11-12-16-26(25)39-32/h9,11-16,18-19,23-24,27-28H,5-8,10,17,20-22H2,1-4H3,(H,40,46)(H,41,43)/t23-,24?,27-,28+,37-/m1/s1. The van der Waals surface area contributed by atoms with Crippen LogP contribution in [0.25, 0.3) is 21.6 Å². The number of nitrogens with zero attached hydrogens (tertiary/aromatic N) is 3. The number of fused-ring (bicyclic) bond motifs is 3. The number of esters is 1. The maximum atomic E-state index is 14.4. The number of amides is 3. The molecule has 0 spiro atoms. The largest absolute Gasteiger partial charge is 0.471 e. The Morgan fingerprint density at radius 1 is 1.08 bits per heavy atom. The number of carbonyl (C=O) groups is 4. The number of hydrogen-bond acceptors (Lipinski definition) is 10. The number of aromatic nitrogens is 2. The molecule has 1 saturated heterocycles. The molecule has 3 amide bonds. The lowest BCUT2D eigenvalue weighted by Gasteiger charge is -2.30. The van der Waals surface area contributed by atoms with E-state index in [1.165, 1.54) is 16.2 Å². The SMILES string of the molecule is CCOC(=O)[C@@]12C[C@H]1C=CCCCCC[C@@H](NC(=O)OC(C)(C)C)C(=O)N1CC(Oc3nc4ccccc4nc3-c3cccs3)C[C@H]1C(=O)N2. The summed E-state index contributed by atoms with van der Waals surface area (Å²) in [5, 5.41) is 7.72. The molecule has 6 rings (SSSR count). The average molecular weight is 704 g/mol. The summed E-state index contributed by atoms with van der Waals surface area (Å²) in [6, 6.07) is 9.44. The molecule has 1 aromatic carbocycles. The van der Waals surface area contributed by atoms with Crippen LogP contribution in [0.15, 0.2) is 53.9 Å². The first-order chi connectivity index (χ1) is 24.0. The second-order valence-electron chi connectivity index (χ2n) is 14.1. The quantitative estimate of drug-likeness (QED) is 0.249. The Morgan fingerprint density at radius 2 is 1.86 bits per heavy atom. The van der Waals surface area contributed by atoms with Gasteiger partial charge in [-0.05, 0) is 77.0 Å². The Bertz CT molecular complexity index is 1760. The van der Waals surface area contributed by atoms with Gasteiger partial charge in [0.05, 0.1) is 29.1 Å². The molecular formula is C37H45N5O7S. The van der Waals surface area contributed by atoms with Gasteiger partial charge >= 0.3 is 12.1 Å². The molecule has 1 aliphatic carbocycles. The number of nitrogens with one attached hydrogen (secondary N) is 2. The van der Waals surface area contributed by atoms with Gasteiger partial charge in [0.25, 0.3) is 0 Å². The molecule has 266 valence electrons. The van der Waals surface area contributed by atoms with Crippen molar-refractivity contribution in [3.05, 3.63) is 53.9 Å². The lowest BCUT2D eigenvalue weighted by Crippen LogP contribution is -2.56. The molecule has 0 radical (unpaired) electrons. The first-order valence-corrected chi connectivity index (χ1v) is 18.3. The van der Waals surface area contributed by atoms with Crippen LogP contribution in [-0.4, -0.2) is 81.2 Å². The number of hydrogen-bond donors (Lipinski definition) is 2. The molecule has 3 aliphatic rings. The molecule has 2 N–H and O–H groups in total. The summed E-state index contributed by atoms with van der Waals surface area (Å²) in [5.41, 5.74) is -0.0443. The van der Waals surface area contributed by atoms with E-state index in [0.717, 1.165) is 24.1 Å². The fraction of sp³-hybridized carbons (Fsp3) is 0.514. The maximum Gasteiger partial charge on any atom is 0.408 e. The van der Waals surface area contributed by atoms with Crippen LogP contribution in [0.2, 0.25) is 0 Å². The van der Waals surface area contributed by atoms with Crippen LogP contribution in [0.3, 0.4) is 0 Å². The Balaban J connectivity index is 1.33. The molecule has 1 saturated carbocycles. The molecule has 2 aromatic heterocycles. The highest BCUT2D eigenvalue weighted by atomic mass is 32.1. The lowest BCUT2D eigenvalue weighted by molar-refractivity contribution is -0.150. The molecule has 0 bridgehead atoms. The fourth-order valence-electron chi connectivity index (χ4n) is 6.64. The summed E-state index contributed by atoms with van der Waals surface area (Å²) in [4.78, 5) is 66.9. The summed E-state index contributed by atoms with van der Waals surface area (Å²) in [6.07, 6.45) is 6.76. The summed E-state index contributed by atoms with van der Waals surface area (Å²) < 4.78 is 17.5. The van der Waals surface area contributed by atoms with Crippen molar-refractivity contribution in [1.29, 1.82) is 0 Å². The van der Waals surface area contributed by atoms with Crippen LogP contribution in [-0.2, 0) is 23.9 Å². The van der Waals surface area contributed by atoms with Crippen molar-refractivity contribution in [1.82, 2.24) is 25.5 Å². The minimum absolute atomic E-state index is 0.0531. The number of thiophene rings is 1. The molecule has 3 aromatic rings. The van der Waals surface area contributed by atoms with Gasteiger partial charge in [-0.25, -0.2) is 19.6 Å². The van der Waals surface area contributed by atoms with Gasteiger partial charge in [-0.3, -0.25) is 9.59 Å². The van der Waals surface area contributed by atoms with Crippen LogP contribution < -0.4 is 15.4 Å². The number of para-hydroxylation sites is 2. The molecule has 4 heterocycles. The zero-order valence-corrected chi connectivity index (χ0v) is 29.8. The summed E-state index contributed by atoms with van der Waals surface area (Å²) in [5.74, 6) is -1.31. The van der Waals surface area contributed by atoms with E-state index < -0.39 is 53.2 Å². The second kappa shape index (κ2) is 14.8. The molecule has 1 unspecified atom stereocenters. The van der Waals surface area contributed by atoms with Gasteiger partial charge in [-0.2, -0.15) is 0 Å². The monoisotopic (exact) mass is 703 g/mol. The maximum absolute atomic E-state index is 14.4. The highest BCUT2D eigenvalue weighted by Gasteiger charge is 2.62. The van der Waals surface area contributed by atoms with Crippen LogP contribution in [0.5, 0.6) is 5.88 Å². The number of benzene rings is 1. The topological polar surface area (TPSA) is 149 Å². The molecular weight excluding hydrogens is 659 g/mol. The van der Waals surface area contributed by atoms with Gasteiger partial charge in [0.15, 0.2) is 0 Å². The number of carbonyl (C=O) groups excluding carboxylic acids is 4. The minimum atomic E-state index is -1.21. The summed E-state index contributed by atoms with van der Waals surface area (Å²) >= 11 is 1.50. The van der Waals surface area contributed by atoms with E-state index in [0.29, 0.717) is 41.9 Å². The van der Waals surface area contributed by atoms with E-state index in [2.05, 4.69) is 10.6 Å². The number of ether oxygens (including phenoxy) is 3. The zero-order chi connectivity index (χ0) is 35.5. The third-order valence-electron chi connectivity index (χ3n) is 9.14. The molecule has 50 heavy (non-hydrogen) atoms. The number of allylic oxidation sites excluding steroid dienone is 1. The third-order valence-corrected chi connectivity index (χ3v) is 10.0. The first-order valence-electron chi connectivity index (χ1n) is 17.4. The molecule has 12 nitrogen and oxygen atoms in total. The zero-order valence-electron chi connectivity index (χ0n) is 29.0. The van der Waals surface area contributed by atoms with Gasteiger partial charge in [0.2, 0.25) is 17.7 Å². The average Bonchev–Trinajstić information content (AvgIpc) is 3.38. The Hall–Kier alpha value is -4.52. The van der Waals surface area contributed by atoms with E-state index in [1.807, 2.05) is 53.9 Å². The van der Waals surface area contributed by atoms with Crippen molar-refractivity contribution < 1.29 is 33.4 Å². The van der Waals surface area contributed by atoms with E-state index >= 15 is 0 Å². The van der Waals surface area contributed by atoms with Crippen LogP contribution in [0, 0.1) is 5.92 Å². The summed E-state index contributed by atoms with van der Waals surface area (Å²) in [7, 11) is 0. The van der Waals surface area contributed by atoms with Gasteiger partial charge in [-0.15, -0.1) is 11.3 Å². The van der Waals surface area contributed by atoms with Gasteiger partial charge < -0.3 is 29.7 Å². The van der Waals surface area contributed by atoms with E-state index in [-0.39, 0.29) is 25.5 Å². The van der Waals surface area contributed by atoms with Crippen molar-refractivity contribution >= 4 is 46.2 Å². The fourth-order valence-corrected chi connectivity index (χ4v) is 7.35. The molecule has 5 atom stereocenters. The minimum Gasteiger partial charge on any atom is -0.471 e.